The number of hydrogen-bond acceptors (Lipinski definition) is 2. The van der Waals surface area contributed by atoms with Gasteiger partial charge in [0.1, 0.15) is 0 Å². The largest absolute Gasteiger partial charge is 0.299 e. The predicted octanol–water partition coefficient (Wildman–Crippen LogP) is 4.30. The summed E-state index contributed by atoms with van der Waals surface area (Å²) in [6.07, 6.45) is 18.0. The fourth-order valence-electron chi connectivity index (χ4n) is 6.27. The van der Waals surface area contributed by atoms with Crippen LogP contribution in [0.25, 0.3) is 0 Å². The highest BCUT2D eigenvalue weighted by molar-refractivity contribution is 4.90. The third-order valence-electron chi connectivity index (χ3n) is 7.39. The molecular formula is C20H36N2. The highest BCUT2D eigenvalue weighted by Gasteiger charge is 2.35. The van der Waals surface area contributed by atoms with E-state index in [0.717, 1.165) is 23.9 Å². The van der Waals surface area contributed by atoms with E-state index in [2.05, 4.69) is 9.80 Å². The summed E-state index contributed by atoms with van der Waals surface area (Å²) in [7, 11) is 0. The summed E-state index contributed by atoms with van der Waals surface area (Å²) in [5.74, 6) is 2.09. The maximum Gasteiger partial charge on any atom is 0.0124 e. The molecule has 4 fully saturated rings. The van der Waals surface area contributed by atoms with Gasteiger partial charge in [-0.15, -0.1) is 0 Å². The zero-order valence-corrected chi connectivity index (χ0v) is 14.5. The predicted molar refractivity (Wildman–Crippen MR) is 93.1 cm³/mol. The lowest BCUT2D eigenvalue weighted by molar-refractivity contribution is 0.0213. The molecule has 0 radical (unpaired) electrons. The molecule has 2 aliphatic heterocycles. The van der Waals surface area contributed by atoms with Crippen molar-refractivity contribution in [2.45, 2.75) is 89.1 Å². The highest BCUT2D eigenvalue weighted by Crippen LogP contribution is 2.37. The van der Waals surface area contributed by atoms with Crippen LogP contribution in [0.15, 0.2) is 0 Å². The Balaban J connectivity index is 1.33. The molecule has 0 N–H and O–H groups in total. The van der Waals surface area contributed by atoms with Crippen LogP contribution in [0.5, 0.6) is 0 Å². The smallest absolute Gasteiger partial charge is 0.0124 e. The van der Waals surface area contributed by atoms with Gasteiger partial charge in [0.05, 0.1) is 0 Å². The fourth-order valence-corrected chi connectivity index (χ4v) is 6.27. The Hall–Kier alpha value is -0.0800. The van der Waals surface area contributed by atoms with Crippen molar-refractivity contribution >= 4 is 0 Å². The first kappa shape index (κ1) is 15.4. The Kier molecular flexibility index (Phi) is 5.07. The van der Waals surface area contributed by atoms with Crippen molar-refractivity contribution in [3.8, 4) is 0 Å². The number of likely N-dealkylation sites (tertiary alicyclic amines) is 2. The van der Waals surface area contributed by atoms with Crippen LogP contribution >= 0.6 is 0 Å². The van der Waals surface area contributed by atoms with Crippen molar-refractivity contribution < 1.29 is 0 Å². The Morgan fingerprint density at radius 1 is 0.500 bits per heavy atom. The van der Waals surface area contributed by atoms with Gasteiger partial charge in [-0.2, -0.15) is 0 Å². The summed E-state index contributed by atoms with van der Waals surface area (Å²) >= 11 is 0. The number of piperidine rings is 2. The van der Waals surface area contributed by atoms with Crippen molar-refractivity contribution in [3.05, 3.63) is 0 Å². The van der Waals surface area contributed by atoms with E-state index in [1.807, 2.05) is 0 Å². The van der Waals surface area contributed by atoms with Gasteiger partial charge in [0, 0.05) is 25.2 Å². The van der Waals surface area contributed by atoms with E-state index in [9.17, 15) is 0 Å². The van der Waals surface area contributed by atoms with Gasteiger partial charge in [-0.05, 0) is 76.3 Å². The molecule has 22 heavy (non-hydrogen) atoms. The molecule has 2 heteroatoms. The van der Waals surface area contributed by atoms with Crippen LogP contribution in [0.2, 0.25) is 0 Å². The monoisotopic (exact) mass is 304 g/mol. The molecule has 126 valence electrons. The van der Waals surface area contributed by atoms with Crippen molar-refractivity contribution in [1.29, 1.82) is 0 Å². The van der Waals surface area contributed by atoms with Crippen LogP contribution in [0.4, 0.5) is 0 Å². The van der Waals surface area contributed by atoms with Crippen LogP contribution in [0, 0.1) is 11.8 Å². The molecule has 2 saturated heterocycles. The van der Waals surface area contributed by atoms with Gasteiger partial charge in [0.15, 0.2) is 0 Å². The molecule has 2 saturated carbocycles. The second-order valence-corrected chi connectivity index (χ2v) is 8.58. The molecule has 0 aromatic carbocycles. The topological polar surface area (TPSA) is 6.48 Å². The number of fused-ring (bicyclic) bond motifs is 2. The van der Waals surface area contributed by atoms with Crippen molar-refractivity contribution in [2.24, 2.45) is 11.8 Å². The van der Waals surface area contributed by atoms with E-state index in [1.54, 1.807) is 0 Å². The van der Waals surface area contributed by atoms with Crippen molar-refractivity contribution in [1.82, 2.24) is 9.80 Å². The Bertz CT molecular complexity index is 318. The lowest BCUT2D eigenvalue weighted by atomic mass is 9.77. The summed E-state index contributed by atoms with van der Waals surface area (Å²) in [4.78, 5) is 5.81. The normalized spacial score (nSPS) is 40.9. The van der Waals surface area contributed by atoms with Crippen LogP contribution < -0.4 is 0 Å². The molecule has 0 aromatic rings. The second kappa shape index (κ2) is 7.21. The minimum absolute atomic E-state index is 0.953. The number of nitrogens with zero attached hydrogens (tertiary/aromatic N) is 2. The van der Waals surface area contributed by atoms with Crippen LogP contribution in [-0.2, 0) is 0 Å². The van der Waals surface area contributed by atoms with Gasteiger partial charge >= 0.3 is 0 Å². The van der Waals surface area contributed by atoms with Crippen molar-refractivity contribution in [3.63, 3.8) is 0 Å². The summed E-state index contributed by atoms with van der Waals surface area (Å²) in [6.45, 7) is 5.51. The van der Waals surface area contributed by atoms with Gasteiger partial charge in [0.25, 0.3) is 0 Å². The standard InChI is InChI=1S/C20H36N2/c1-3-11-19-17(7-1)9-5-13-21(19)15-16-22-14-6-10-18-8-2-4-12-20(18)22/h17-20H,1-16H2. The maximum absolute atomic E-state index is 2.90. The van der Waals surface area contributed by atoms with Gasteiger partial charge < -0.3 is 0 Å². The number of rotatable bonds is 3. The Morgan fingerprint density at radius 3 is 1.41 bits per heavy atom. The molecule has 0 bridgehead atoms. The molecule has 0 amide bonds. The maximum atomic E-state index is 2.90. The minimum Gasteiger partial charge on any atom is -0.299 e. The molecule has 4 atom stereocenters. The molecule has 2 aliphatic carbocycles. The first-order valence-corrected chi connectivity index (χ1v) is 10.4. The SMILES string of the molecule is C1CCC2C(C1)CCCN2CCN1CCCC2CCCCC21. The first-order valence-electron chi connectivity index (χ1n) is 10.4. The molecule has 0 spiro atoms. The van der Waals surface area contributed by atoms with Gasteiger partial charge in [-0.25, -0.2) is 0 Å². The summed E-state index contributed by atoms with van der Waals surface area (Å²) in [6, 6.07) is 1.91. The average molecular weight is 305 g/mol. The van der Waals surface area contributed by atoms with Gasteiger partial charge in [-0.3, -0.25) is 9.80 Å². The molecule has 0 aromatic heterocycles. The van der Waals surface area contributed by atoms with Crippen LogP contribution in [0.1, 0.15) is 77.0 Å². The Morgan fingerprint density at radius 2 is 0.909 bits per heavy atom. The molecule has 4 aliphatic rings. The average Bonchev–Trinajstić information content (AvgIpc) is 2.60. The molecular weight excluding hydrogens is 268 g/mol. The zero-order valence-electron chi connectivity index (χ0n) is 14.5. The fraction of sp³-hybridized carbons (Fsp3) is 1.00. The van der Waals surface area contributed by atoms with E-state index >= 15 is 0 Å². The summed E-state index contributed by atoms with van der Waals surface area (Å²) < 4.78 is 0. The molecule has 2 heterocycles. The highest BCUT2D eigenvalue weighted by atomic mass is 15.2. The van der Waals surface area contributed by atoms with Gasteiger partial charge in [0.2, 0.25) is 0 Å². The van der Waals surface area contributed by atoms with E-state index in [-0.39, 0.29) is 0 Å². The molecule has 4 unspecified atom stereocenters. The van der Waals surface area contributed by atoms with Gasteiger partial charge in [-0.1, -0.05) is 25.7 Å². The van der Waals surface area contributed by atoms with E-state index in [4.69, 9.17) is 0 Å². The number of hydrogen-bond donors (Lipinski definition) is 0. The first-order chi connectivity index (χ1) is 10.9. The third-order valence-corrected chi connectivity index (χ3v) is 7.39. The zero-order chi connectivity index (χ0) is 14.8. The van der Waals surface area contributed by atoms with E-state index in [0.29, 0.717) is 0 Å². The summed E-state index contributed by atoms with van der Waals surface area (Å²) in [5.41, 5.74) is 0. The van der Waals surface area contributed by atoms with E-state index in [1.165, 1.54) is 103 Å². The minimum atomic E-state index is 0.953. The van der Waals surface area contributed by atoms with Crippen LogP contribution in [-0.4, -0.2) is 48.1 Å². The van der Waals surface area contributed by atoms with Crippen molar-refractivity contribution in [2.75, 3.05) is 26.2 Å². The molecule has 4 rings (SSSR count). The third kappa shape index (κ3) is 3.24. The lowest BCUT2D eigenvalue weighted by Gasteiger charge is -2.47. The lowest BCUT2D eigenvalue weighted by Crippen LogP contribution is -2.52. The second-order valence-electron chi connectivity index (χ2n) is 8.58. The van der Waals surface area contributed by atoms with E-state index < -0.39 is 0 Å². The quantitative estimate of drug-likeness (QED) is 0.767. The van der Waals surface area contributed by atoms with Crippen LogP contribution in [0.3, 0.4) is 0 Å². The summed E-state index contributed by atoms with van der Waals surface area (Å²) in [5, 5.41) is 0. The Labute approximate surface area is 137 Å². The molecule has 2 nitrogen and oxygen atoms in total.